The molecule has 0 aromatic carbocycles. The minimum absolute atomic E-state index is 0. The van der Waals surface area contributed by atoms with Gasteiger partial charge >= 0.3 is 36.6 Å². The van der Waals surface area contributed by atoms with Crippen molar-refractivity contribution in [2.24, 2.45) is 10.8 Å². The molecule has 0 unspecified atom stereocenters. The Balaban J connectivity index is -0.0000000356. The normalized spacial score (nSPS) is 18.4. The van der Waals surface area contributed by atoms with Gasteiger partial charge in [0, 0.05) is 132 Å². The number of aliphatic hydroxyl groups is 1. The van der Waals surface area contributed by atoms with E-state index in [9.17, 15) is 28.8 Å². The summed E-state index contributed by atoms with van der Waals surface area (Å²) < 4.78 is 28.8. The first-order chi connectivity index (χ1) is 33.6. The van der Waals surface area contributed by atoms with Gasteiger partial charge in [0.1, 0.15) is 30.5 Å². The van der Waals surface area contributed by atoms with E-state index in [4.69, 9.17) is 35.3 Å². The van der Waals surface area contributed by atoms with Crippen molar-refractivity contribution >= 4 is 36.6 Å². The van der Waals surface area contributed by atoms with Crippen molar-refractivity contribution in [3.8, 4) is 0 Å². The average molecular weight is 1370 g/mol. The molecule has 6 fully saturated rings. The molecule has 0 aliphatic carbocycles. The van der Waals surface area contributed by atoms with Crippen molar-refractivity contribution < 1.29 is 128 Å². The van der Waals surface area contributed by atoms with E-state index < -0.39 is 0 Å². The summed E-state index contributed by atoms with van der Waals surface area (Å²) in [5.74, 6) is 0. The molecule has 6 saturated heterocycles. The molecular formula is C55H137N13O13Y2-2. The maximum absolute atomic E-state index is 10.9. The number of carbonyl (C=O) groups excluding carboxylic acids is 6. The standard InChI is InChI=1S/C7H14N2O2.C6H11NO2.C5H8N4O2.C5H10N2O2.C5H9NO3.C5H8NO2.2C2H7N.4C2H6.9CH4.CH3.2Y/c1-8(2)4-6-5-9(3)7(10)11-6;1-3-5-4-7(2)6(8)9-5;1-9-3-4(2-7-8-6)11-5(9)10;1-7-3-4(2-6)9-5(7)8;1-6-2-4(3-7)9-5(6)8;1-4-3-6(2)5(7)8-4;2*1-3-2;4*1-2;;;;;;;;;;;;/h6H,4-5H2,1-3H3;5H,3-4H2,1-2H3;4H,2-3H2,1H3;4H,2-3,6H2,1H3;4,7H,2-3H2,1H3;4H,1,3H2,2H3;2*3H,1-2H3;4*1-2H3;9*1H4;1H3;;/q;;;;;-1;;;;;;;;;;;;;;;;-1;;/t6-;5-;4*4-;;;;;;;;;;;;;;;;;;/m000010................../s1. The number of aliphatic hydroxyl groups excluding tert-OH is 1. The Labute approximate surface area is 563 Å². The Morgan fingerprint density at radius 2 is 0.771 bits per heavy atom. The number of azide groups is 1. The number of cyclic esters (lactones) is 6. The molecule has 83 heavy (non-hydrogen) atoms. The van der Waals surface area contributed by atoms with Gasteiger partial charge in [-0.25, -0.2) is 28.8 Å². The van der Waals surface area contributed by atoms with Crippen molar-refractivity contribution in [2.45, 2.75) is 172 Å². The van der Waals surface area contributed by atoms with Gasteiger partial charge in [-0.05, 0) is 60.3 Å². The Hall–Kier alpha value is -3.06. The van der Waals surface area contributed by atoms with Crippen LogP contribution in [0.5, 0.6) is 0 Å². The molecule has 6 heterocycles. The SMILES string of the molecule is C.C.C.C.C.C.C.C.C.CC.CC.CC.CC.CC[C@H]1CN(C)C(=O)O1.CN(C)C[C@H]1CN(C)C(=O)O1.CN1C[C@H](CN)OC1=O.CN1C[C@H](CN=[N+]=[N-])OC1=O.CN1C[C@H](CO)OC1=O.CNC.CNC.[CH2-][C@H]1CN(C)C(=O)O1.[CH3-].[Y].[Y]. The number of hydrogen-bond acceptors (Lipinski definition) is 18. The number of hydrogen-bond donors (Lipinski definition) is 4. The van der Waals surface area contributed by atoms with Crippen LogP contribution in [0.3, 0.4) is 0 Å². The molecule has 0 bridgehead atoms. The van der Waals surface area contributed by atoms with Crippen LogP contribution >= 0.6 is 0 Å². The molecule has 28 heteroatoms. The summed E-state index contributed by atoms with van der Waals surface area (Å²) in [6.07, 6.45) is -1.44. The van der Waals surface area contributed by atoms with Gasteiger partial charge in [-0.1, -0.05) is 134 Å². The average Bonchev–Trinajstić information content (AvgIpc) is 4.19. The third-order valence-electron chi connectivity index (χ3n) is 8.18. The van der Waals surface area contributed by atoms with Crippen molar-refractivity contribution in [1.29, 1.82) is 0 Å². The topological polar surface area (TPSA) is 300 Å². The van der Waals surface area contributed by atoms with Gasteiger partial charge in [-0.2, -0.15) is 0 Å². The molecule has 6 atom stereocenters. The number of nitrogens with zero attached hydrogens (tertiary/aromatic N) is 10. The van der Waals surface area contributed by atoms with Crippen LogP contribution in [-0.4, -0.2) is 263 Å². The fraction of sp³-hybridized carbons (Fsp3) is 0.855. The quantitative estimate of drug-likeness (QED) is 0.0605. The summed E-state index contributed by atoms with van der Waals surface area (Å²) in [4.78, 5) is 77.4. The summed E-state index contributed by atoms with van der Waals surface area (Å²) in [5.41, 5.74) is 13.2. The van der Waals surface area contributed by atoms with E-state index in [1.807, 2.05) is 109 Å². The van der Waals surface area contributed by atoms with Gasteiger partial charge in [0.2, 0.25) is 0 Å². The van der Waals surface area contributed by atoms with E-state index in [1.165, 1.54) is 19.6 Å². The summed E-state index contributed by atoms with van der Waals surface area (Å²) in [6, 6.07) is 0. The Bertz CT molecular complexity index is 1360. The molecule has 5 N–H and O–H groups in total. The van der Waals surface area contributed by atoms with Crippen molar-refractivity contribution in [2.75, 3.05) is 150 Å². The molecule has 2 radical (unpaired) electrons. The van der Waals surface area contributed by atoms with Gasteiger partial charge in [0.25, 0.3) is 0 Å². The largest absolute Gasteiger partial charge is 0.477 e. The van der Waals surface area contributed by atoms with Gasteiger partial charge in [-0.15, -0.1) is 0 Å². The molecule has 0 aromatic rings. The first kappa shape index (κ1) is 130. The van der Waals surface area contributed by atoms with Crippen LogP contribution in [0.15, 0.2) is 5.11 Å². The predicted molar refractivity (Wildman–Crippen MR) is 344 cm³/mol. The Morgan fingerprint density at radius 3 is 0.916 bits per heavy atom. The number of carbonyl (C=O) groups is 6. The third kappa shape index (κ3) is 67.9. The van der Waals surface area contributed by atoms with E-state index in [1.54, 1.807) is 52.1 Å². The van der Waals surface area contributed by atoms with E-state index in [0.717, 1.165) is 19.5 Å². The minimum Gasteiger partial charge on any atom is -0.477 e. The smallest absolute Gasteiger partial charge is 0.410 e. The number of amides is 6. The summed E-state index contributed by atoms with van der Waals surface area (Å²) in [5, 5.41) is 17.3. The Morgan fingerprint density at radius 1 is 0.530 bits per heavy atom. The second-order valence-corrected chi connectivity index (χ2v) is 14.8. The number of likely N-dealkylation sites (N-methyl/N-ethyl adjacent to an activating group) is 7. The van der Waals surface area contributed by atoms with Gasteiger partial charge in [0.05, 0.1) is 45.9 Å². The molecule has 6 rings (SSSR count). The summed E-state index contributed by atoms with van der Waals surface area (Å²) in [6.45, 7) is 26.6. The van der Waals surface area contributed by atoms with Gasteiger partial charge in [0.15, 0.2) is 0 Å². The zero-order chi connectivity index (χ0) is 56.8. The third-order valence-corrected chi connectivity index (χ3v) is 8.18. The maximum Gasteiger partial charge on any atom is 0.410 e. The number of nitrogens with two attached hydrogens (primary N) is 1. The number of rotatable bonds is 7. The molecular weight excluding hydrogens is 1230 g/mol. The van der Waals surface area contributed by atoms with Crippen LogP contribution in [0.2, 0.25) is 0 Å². The van der Waals surface area contributed by atoms with Crippen molar-refractivity contribution in [3.63, 3.8) is 0 Å². The molecule has 0 aromatic heterocycles. The molecule has 26 nitrogen and oxygen atoms in total. The fourth-order valence-corrected chi connectivity index (χ4v) is 5.05. The van der Waals surface area contributed by atoms with Crippen LogP contribution < -0.4 is 16.4 Å². The van der Waals surface area contributed by atoms with Crippen molar-refractivity contribution in [1.82, 2.24) is 44.9 Å². The number of ether oxygens (including phenoxy) is 6. The van der Waals surface area contributed by atoms with E-state index in [0.29, 0.717) is 39.3 Å². The van der Waals surface area contributed by atoms with Crippen molar-refractivity contribution in [3.05, 3.63) is 24.8 Å². The molecule has 6 aliphatic heterocycles. The zero-order valence-corrected chi connectivity index (χ0v) is 55.2. The predicted octanol–water partition coefficient (Wildman–Crippen LogP) is 10.6. The first-order valence-electron chi connectivity index (χ1n) is 24.0. The molecule has 508 valence electrons. The van der Waals surface area contributed by atoms with Crippen LogP contribution in [0.1, 0.15) is 136 Å². The molecule has 0 spiro atoms. The second-order valence-electron chi connectivity index (χ2n) is 14.8. The molecule has 6 aliphatic rings. The fourth-order valence-electron chi connectivity index (χ4n) is 5.05. The van der Waals surface area contributed by atoms with Gasteiger partial charge in [-0.3, -0.25) is 0 Å². The monoisotopic (exact) mass is 1370 g/mol. The first-order valence-corrected chi connectivity index (χ1v) is 24.0. The van der Waals surface area contributed by atoms with Crippen LogP contribution in [0.4, 0.5) is 28.8 Å². The van der Waals surface area contributed by atoms with Gasteiger partial charge < -0.3 is 98.5 Å². The van der Waals surface area contributed by atoms with Crippen LogP contribution in [0.25, 0.3) is 10.4 Å². The number of nitrogens with one attached hydrogen (secondary N) is 2. The second kappa shape index (κ2) is 85.4. The maximum atomic E-state index is 10.9. The van der Waals surface area contributed by atoms with E-state index in [-0.39, 0.29) is 226 Å². The van der Waals surface area contributed by atoms with E-state index in [2.05, 4.69) is 37.1 Å². The summed E-state index contributed by atoms with van der Waals surface area (Å²) in [7, 11) is 21.6. The zero-order valence-electron chi connectivity index (χ0n) is 49.5. The minimum atomic E-state index is -0.358. The molecule has 0 saturated carbocycles. The van der Waals surface area contributed by atoms with Crippen LogP contribution in [-0.2, 0) is 93.8 Å². The van der Waals surface area contributed by atoms with Crippen LogP contribution in [0, 0.1) is 14.4 Å². The Kier molecular flexibility index (Phi) is 134. The molecule has 6 amide bonds. The van der Waals surface area contributed by atoms with E-state index >= 15 is 0 Å². The summed E-state index contributed by atoms with van der Waals surface area (Å²) >= 11 is 0.